The first-order valence-corrected chi connectivity index (χ1v) is 15.9. The molecule has 0 saturated heterocycles. The molecule has 0 bridgehead atoms. The Balaban J connectivity index is 0.0000106. The molecule has 1 aliphatic carbocycles. The van der Waals surface area contributed by atoms with Gasteiger partial charge in [0.15, 0.2) is 5.96 Å². The normalized spacial score (nSPS) is 14.4. The summed E-state index contributed by atoms with van der Waals surface area (Å²) in [4.78, 5) is 32.9. The second-order valence-corrected chi connectivity index (χ2v) is 10.8. The van der Waals surface area contributed by atoms with Gasteiger partial charge < -0.3 is 49.8 Å². The van der Waals surface area contributed by atoms with Crippen LogP contribution in [0.5, 0.6) is 0 Å². The number of aromatic nitrogens is 1. The fourth-order valence-corrected chi connectivity index (χ4v) is 4.52. The van der Waals surface area contributed by atoms with Gasteiger partial charge in [-0.2, -0.15) is 4.99 Å². The van der Waals surface area contributed by atoms with Crippen molar-refractivity contribution in [2.75, 3.05) is 85.8 Å². The number of aryl methyl sites for hydroxylation is 2. The van der Waals surface area contributed by atoms with Crippen LogP contribution in [0.1, 0.15) is 52.5 Å². The van der Waals surface area contributed by atoms with Crippen LogP contribution in [-0.2, 0) is 49.4 Å². The minimum absolute atomic E-state index is 0. The van der Waals surface area contributed by atoms with E-state index >= 15 is 0 Å². The van der Waals surface area contributed by atoms with Crippen LogP contribution in [-0.4, -0.2) is 122 Å². The molecule has 17 nitrogen and oxygen atoms in total. The zero-order chi connectivity index (χ0) is 32.9. The van der Waals surface area contributed by atoms with Crippen LogP contribution in [0.3, 0.4) is 0 Å². The van der Waals surface area contributed by atoms with Gasteiger partial charge in [-0.3, -0.25) is 14.0 Å². The van der Waals surface area contributed by atoms with E-state index in [4.69, 9.17) is 39.9 Å². The van der Waals surface area contributed by atoms with Crippen molar-refractivity contribution in [1.82, 2.24) is 10.3 Å². The van der Waals surface area contributed by atoms with Gasteiger partial charge in [-0.1, -0.05) is 6.42 Å². The molecule has 1 unspecified atom stereocenters. The van der Waals surface area contributed by atoms with Crippen molar-refractivity contribution in [3.63, 3.8) is 0 Å². The summed E-state index contributed by atoms with van der Waals surface area (Å²) in [6.07, 6.45) is 2.90. The number of alkyl carbamates (subject to hydrolysis) is 1. The largest absolute Gasteiger partial charge is 1.00 e. The molecule has 2 amide bonds. The summed E-state index contributed by atoms with van der Waals surface area (Å²) >= 11 is 0. The molecular weight excluding hydrogens is 641 g/mol. The molecule has 0 spiro atoms. The number of carbonyl (C=O) groups is 2. The average Bonchev–Trinajstić information content (AvgIpc) is 3.17. The minimum Gasteiger partial charge on any atom is -0.726 e. The van der Waals surface area contributed by atoms with Crippen molar-refractivity contribution in [3.8, 4) is 0 Å². The summed E-state index contributed by atoms with van der Waals surface area (Å²) in [7, 11) is -4.69. The first-order valence-electron chi connectivity index (χ1n) is 14.6. The van der Waals surface area contributed by atoms with Crippen LogP contribution in [0.4, 0.5) is 4.79 Å². The van der Waals surface area contributed by atoms with Gasteiger partial charge in [0.05, 0.1) is 89.6 Å². The Hall–Kier alpha value is -1.97. The fourth-order valence-electron chi connectivity index (χ4n) is 4.25. The zero-order valence-electron chi connectivity index (χ0n) is 26.5. The van der Waals surface area contributed by atoms with Crippen molar-refractivity contribution in [1.29, 1.82) is 0 Å². The van der Waals surface area contributed by atoms with E-state index < -0.39 is 22.4 Å². The first-order chi connectivity index (χ1) is 21.6. The van der Waals surface area contributed by atoms with Crippen LogP contribution in [0.15, 0.2) is 11.1 Å². The van der Waals surface area contributed by atoms with Crippen LogP contribution in [0.2, 0.25) is 0 Å². The van der Waals surface area contributed by atoms with Crippen LogP contribution in [0, 0.1) is 6.92 Å². The van der Waals surface area contributed by atoms with E-state index in [-0.39, 0.29) is 81.0 Å². The van der Waals surface area contributed by atoms with Crippen LogP contribution >= 0.6 is 0 Å². The van der Waals surface area contributed by atoms with E-state index in [0.29, 0.717) is 57.5 Å². The number of hydrogen-bond donors (Lipinski definition) is 3. The quantitative estimate of drug-likeness (QED) is 0.0208. The second kappa shape index (κ2) is 24.2. The van der Waals surface area contributed by atoms with Gasteiger partial charge in [-0.25, -0.2) is 13.2 Å². The van der Waals surface area contributed by atoms with Gasteiger partial charge in [0.25, 0.3) is 5.91 Å². The zero-order valence-corrected chi connectivity index (χ0v) is 29.3. The molecule has 0 saturated carbocycles. The number of nitrogens with two attached hydrogens (primary N) is 2. The van der Waals surface area contributed by atoms with Gasteiger partial charge in [0.1, 0.15) is 6.61 Å². The van der Waals surface area contributed by atoms with E-state index in [1.54, 1.807) is 13.0 Å². The Morgan fingerprint density at radius 1 is 0.935 bits per heavy atom. The number of guanidine groups is 1. The molecule has 5 N–H and O–H groups in total. The molecule has 256 valence electrons. The number of hydrogen-bond acceptors (Lipinski definition) is 13. The SMILES string of the molecule is Cc1nc2c(cc1C(=O)N=C(N)N)CCCCC2COC(=O)NCCOCCOCCOCCOCCOCCOS(=O)(=O)[O-].[Na+]. The maximum absolute atomic E-state index is 12.4. The third kappa shape index (κ3) is 19.0. The third-order valence-electron chi connectivity index (χ3n) is 6.30. The number of carbonyl (C=O) groups excluding carboxylic acids is 2. The maximum Gasteiger partial charge on any atom is 1.00 e. The predicted molar refractivity (Wildman–Crippen MR) is 159 cm³/mol. The molecule has 0 fully saturated rings. The predicted octanol–water partition coefficient (Wildman–Crippen LogP) is -3.10. The van der Waals surface area contributed by atoms with E-state index in [9.17, 15) is 22.6 Å². The van der Waals surface area contributed by atoms with Crippen LogP contribution < -0.4 is 46.3 Å². The second-order valence-electron chi connectivity index (χ2n) is 9.77. The number of aliphatic imine (C=N–C) groups is 1. The number of nitrogens with zero attached hydrogens (tertiary/aromatic N) is 2. The van der Waals surface area contributed by atoms with Gasteiger partial charge >= 0.3 is 35.7 Å². The Morgan fingerprint density at radius 2 is 1.48 bits per heavy atom. The summed E-state index contributed by atoms with van der Waals surface area (Å²) < 4.78 is 66.7. The number of rotatable bonds is 22. The fraction of sp³-hybridized carbons (Fsp3) is 0.704. The van der Waals surface area contributed by atoms with Crippen molar-refractivity contribution < 1.29 is 84.7 Å². The Morgan fingerprint density at radius 3 is 2.02 bits per heavy atom. The molecule has 1 aromatic heterocycles. The van der Waals surface area contributed by atoms with Crippen LogP contribution in [0.25, 0.3) is 0 Å². The van der Waals surface area contributed by atoms with Crippen molar-refractivity contribution in [3.05, 3.63) is 28.6 Å². The monoisotopic (exact) mass is 685 g/mol. The minimum atomic E-state index is -4.69. The van der Waals surface area contributed by atoms with Crippen molar-refractivity contribution in [2.24, 2.45) is 16.5 Å². The van der Waals surface area contributed by atoms with Gasteiger partial charge in [0, 0.05) is 12.5 Å². The standard InChI is InChI=1S/C27H45N5O12S.Na/c1-20-23(25(33)32-26(28)29)18-21-4-2-3-5-22(24(21)31-20)19-43-27(34)30-6-7-38-8-9-39-10-11-40-12-13-41-14-15-42-16-17-44-45(35,36)37;/h18,22H,2-17,19H2,1H3,(H,30,34)(H,35,36,37)(H4,28,29,32,33);/q;+1/p-1. The number of nitrogens with one attached hydrogen (secondary N) is 1. The van der Waals surface area contributed by atoms with E-state index in [2.05, 4.69) is 19.5 Å². The summed E-state index contributed by atoms with van der Waals surface area (Å²) in [6, 6.07) is 1.79. The summed E-state index contributed by atoms with van der Waals surface area (Å²) in [6.45, 7) is 4.80. The number of ether oxygens (including phenoxy) is 6. The third-order valence-corrected chi connectivity index (χ3v) is 6.75. The van der Waals surface area contributed by atoms with Gasteiger partial charge in [-0.15, -0.1) is 0 Å². The number of amides is 2. The number of fused-ring (bicyclic) bond motifs is 1. The molecule has 46 heavy (non-hydrogen) atoms. The molecule has 1 aliphatic rings. The number of pyridine rings is 1. The van der Waals surface area contributed by atoms with E-state index in [0.717, 1.165) is 36.9 Å². The molecule has 1 aromatic rings. The smallest absolute Gasteiger partial charge is 0.726 e. The molecular formula is C27H44N5NaO12S. The average molecular weight is 686 g/mol. The molecule has 0 radical (unpaired) electrons. The van der Waals surface area contributed by atoms with Gasteiger partial charge in [-0.05, 0) is 37.8 Å². The summed E-state index contributed by atoms with van der Waals surface area (Å²) in [5, 5.41) is 2.66. The first kappa shape index (κ1) is 42.1. The molecule has 1 heterocycles. The summed E-state index contributed by atoms with van der Waals surface area (Å²) in [5.74, 6) is -0.925. The Labute approximate surface area is 291 Å². The topological polar surface area (TPSA) is 245 Å². The van der Waals surface area contributed by atoms with Gasteiger partial charge in [0.2, 0.25) is 10.4 Å². The Kier molecular flexibility index (Phi) is 22.1. The summed E-state index contributed by atoms with van der Waals surface area (Å²) in [5.41, 5.74) is 13.3. The molecule has 0 aliphatic heterocycles. The maximum atomic E-state index is 12.4. The molecule has 19 heteroatoms. The molecule has 1 atom stereocenters. The van der Waals surface area contributed by atoms with E-state index in [1.807, 2.05) is 0 Å². The molecule has 0 aromatic carbocycles. The van der Waals surface area contributed by atoms with E-state index in [1.165, 1.54) is 0 Å². The van der Waals surface area contributed by atoms with Crippen molar-refractivity contribution >= 4 is 28.4 Å². The Bertz CT molecular complexity index is 1190. The van der Waals surface area contributed by atoms with Crippen molar-refractivity contribution in [2.45, 2.75) is 38.5 Å². The molecule has 2 rings (SSSR count).